The van der Waals surface area contributed by atoms with Crippen molar-refractivity contribution in [3.05, 3.63) is 11.1 Å². The third kappa shape index (κ3) is 2.51. The molecule has 0 unspecified atom stereocenters. The summed E-state index contributed by atoms with van der Waals surface area (Å²) in [6.07, 6.45) is 3.56. The summed E-state index contributed by atoms with van der Waals surface area (Å²) in [6, 6.07) is 0. The Morgan fingerprint density at radius 1 is 1.62 bits per heavy atom. The lowest BCUT2D eigenvalue weighted by molar-refractivity contribution is 0.0449. The Morgan fingerprint density at radius 2 is 2.31 bits per heavy atom. The molecule has 1 aliphatic carbocycles. The molecule has 1 heterocycles. The molecule has 0 spiro atoms. The molecule has 0 saturated heterocycles. The average Bonchev–Trinajstić information content (AvgIpc) is 2.85. The zero-order chi connectivity index (χ0) is 11.6. The van der Waals surface area contributed by atoms with E-state index in [2.05, 4.69) is 10.3 Å². The van der Waals surface area contributed by atoms with Crippen molar-refractivity contribution in [1.82, 2.24) is 10.3 Å². The van der Waals surface area contributed by atoms with E-state index in [0.29, 0.717) is 17.4 Å². The highest BCUT2D eigenvalue weighted by Gasteiger charge is 2.31. The van der Waals surface area contributed by atoms with E-state index in [1.165, 1.54) is 11.3 Å². The molecular formula is C10H15N3O2S. The van der Waals surface area contributed by atoms with E-state index in [9.17, 15) is 9.90 Å². The molecule has 1 aromatic heterocycles. The van der Waals surface area contributed by atoms with E-state index in [4.69, 9.17) is 5.73 Å². The van der Waals surface area contributed by atoms with Gasteiger partial charge in [-0.15, -0.1) is 11.3 Å². The molecule has 1 amide bonds. The molecule has 1 saturated carbocycles. The SMILES string of the molecule is Nc1nc(C(=O)NCC2(O)CCCC2)cs1. The summed E-state index contributed by atoms with van der Waals surface area (Å²) in [5, 5.41) is 14.7. The molecule has 1 aromatic rings. The number of carbonyl (C=O) groups excluding carboxylic acids is 1. The smallest absolute Gasteiger partial charge is 0.270 e. The number of hydrogen-bond acceptors (Lipinski definition) is 5. The summed E-state index contributed by atoms with van der Waals surface area (Å²) >= 11 is 1.23. The summed E-state index contributed by atoms with van der Waals surface area (Å²) < 4.78 is 0. The number of amides is 1. The second-order valence-electron chi connectivity index (χ2n) is 4.19. The third-order valence-electron chi connectivity index (χ3n) is 2.87. The second-order valence-corrected chi connectivity index (χ2v) is 5.07. The zero-order valence-corrected chi connectivity index (χ0v) is 9.72. The van der Waals surface area contributed by atoms with E-state index >= 15 is 0 Å². The van der Waals surface area contributed by atoms with Crippen LogP contribution in [-0.2, 0) is 0 Å². The number of nitrogen functional groups attached to an aromatic ring is 1. The minimum atomic E-state index is -0.725. The predicted octanol–water partition coefficient (Wildman–Crippen LogP) is 0.760. The fourth-order valence-electron chi connectivity index (χ4n) is 1.94. The van der Waals surface area contributed by atoms with E-state index in [0.717, 1.165) is 25.7 Å². The van der Waals surface area contributed by atoms with Crippen molar-refractivity contribution < 1.29 is 9.90 Å². The average molecular weight is 241 g/mol. The quantitative estimate of drug-likeness (QED) is 0.729. The molecular weight excluding hydrogens is 226 g/mol. The summed E-state index contributed by atoms with van der Waals surface area (Å²) in [4.78, 5) is 15.5. The highest BCUT2D eigenvalue weighted by molar-refractivity contribution is 7.13. The van der Waals surface area contributed by atoms with Crippen LogP contribution in [0.5, 0.6) is 0 Å². The Bertz CT molecular complexity index is 385. The number of hydrogen-bond donors (Lipinski definition) is 3. The molecule has 1 fully saturated rings. The summed E-state index contributed by atoms with van der Waals surface area (Å²) in [7, 11) is 0. The lowest BCUT2D eigenvalue weighted by Gasteiger charge is -2.21. The molecule has 0 aromatic carbocycles. The van der Waals surface area contributed by atoms with Gasteiger partial charge in [-0.3, -0.25) is 4.79 Å². The fourth-order valence-corrected chi connectivity index (χ4v) is 2.48. The number of nitrogens with zero attached hydrogens (tertiary/aromatic N) is 1. The molecule has 1 aliphatic rings. The van der Waals surface area contributed by atoms with E-state index in [1.807, 2.05) is 0 Å². The number of carbonyl (C=O) groups is 1. The molecule has 0 atom stereocenters. The molecule has 2 rings (SSSR count). The number of nitrogens with two attached hydrogens (primary N) is 1. The summed E-state index contributed by atoms with van der Waals surface area (Å²) in [5.41, 5.74) is 5.04. The Labute approximate surface area is 97.7 Å². The van der Waals surface area contributed by atoms with Gasteiger partial charge in [0.25, 0.3) is 5.91 Å². The number of aliphatic hydroxyl groups is 1. The van der Waals surface area contributed by atoms with Gasteiger partial charge in [0.2, 0.25) is 0 Å². The van der Waals surface area contributed by atoms with Crippen LogP contribution in [0.3, 0.4) is 0 Å². The normalized spacial score (nSPS) is 18.6. The first-order valence-corrected chi connectivity index (χ1v) is 6.19. The number of rotatable bonds is 3. The molecule has 0 aliphatic heterocycles. The van der Waals surface area contributed by atoms with Gasteiger partial charge in [-0.05, 0) is 12.8 Å². The van der Waals surface area contributed by atoms with Crippen LogP contribution in [0, 0.1) is 0 Å². The van der Waals surface area contributed by atoms with Crippen molar-refractivity contribution in [2.45, 2.75) is 31.3 Å². The molecule has 0 bridgehead atoms. The van der Waals surface area contributed by atoms with Crippen molar-refractivity contribution in [2.24, 2.45) is 0 Å². The summed E-state index contributed by atoms with van der Waals surface area (Å²) in [6.45, 7) is 0.295. The molecule has 6 heteroatoms. The zero-order valence-electron chi connectivity index (χ0n) is 8.90. The first-order chi connectivity index (χ1) is 7.59. The summed E-state index contributed by atoms with van der Waals surface area (Å²) in [5.74, 6) is -0.270. The van der Waals surface area contributed by atoms with Gasteiger partial charge in [0, 0.05) is 11.9 Å². The molecule has 5 nitrogen and oxygen atoms in total. The standard InChI is InChI=1S/C10H15N3O2S/c11-9-13-7(5-16-9)8(14)12-6-10(15)3-1-2-4-10/h5,15H,1-4,6H2,(H2,11,13)(H,12,14). The highest BCUT2D eigenvalue weighted by Crippen LogP contribution is 2.28. The van der Waals surface area contributed by atoms with E-state index in [-0.39, 0.29) is 5.91 Å². The Hall–Kier alpha value is -1.14. The van der Waals surface area contributed by atoms with Crippen LogP contribution < -0.4 is 11.1 Å². The van der Waals surface area contributed by atoms with Crippen LogP contribution in [-0.4, -0.2) is 28.1 Å². The van der Waals surface area contributed by atoms with E-state index < -0.39 is 5.60 Å². The van der Waals surface area contributed by atoms with Gasteiger partial charge in [-0.1, -0.05) is 12.8 Å². The van der Waals surface area contributed by atoms with Crippen LogP contribution >= 0.6 is 11.3 Å². The van der Waals surface area contributed by atoms with Crippen molar-refractivity contribution in [2.75, 3.05) is 12.3 Å². The van der Waals surface area contributed by atoms with Gasteiger partial charge in [-0.25, -0.2) is 4.98 Å². The van der Waals surface area contributed by atoms with Crippen LogP contribution in [0.4, 0.5) is 5.13 Å². The van der Waals surface area contributed by atoms with Gasteiger partial charge in [0.1, 0.15) is 5.69 Å². The molecule has 16 heavy (non-hydrogen) atoms. The minimum Gasteiger partial charge on any atom is -0.388 e. The van der Waals surface area contributed by atoms with Crippen molar-refractivity contribution >= 4 is 22.4 Å². The second kappa shape index (κ2) is 4.39. The fraction of sp³-hybridized carbons (Fsp3) is 0.600. The first-order valence-electron chi connectivity index (χ1n) is 5.31. The topological polar surface area (TPSA) is 88.2 Å². The number of nitrogens with one attached hydrogen (secondary N) is 1. The minimum absolute atomic E-state index is 0.270. The van der Waals surface area contributed by atoms with Gasteiger partial charge >= 0.3 is 0 Å². The number of anilines is 1. The largest absolute Gasteiger partial charge is 0.388 e. The maximum absolute atomic E-state index is 11.6. The monoisotopic (exact) mass is 241 g/mol. The lowest BCUT2D eigenvalue weighted by Crippen LogP contribution is -2.40. The van der Waals surface area contributed by atoms with E-state index in [1.54, 1.807) is 5.38 Å². The Balaban J connectivity index is 1.88. The van der Waals surface area contributed by atoms with Gasteiger partial charge in [0.05, 0.1) is 5.60 Å². The molecule has 88 valence electrons. The number of thiazole rings is 1. The lowest BCUT2D eigenvalue weighted by atomic mass is 10.0. The highest BCUT2D eigenvalue weighted by atomic mass is 32.1. The maximum Gasteiger partial charge on any atom is 0.270 e. The molecule has 4 N–H and O–H groups in total. The van der Waals surface area contributed by atoms with Crippen LogP contribution in [0.15, 0.2) is 5.38 Å². The van der Waals surface area contributed by atoms with Crippen molar-refractivity contribution in [1.29, 1.82) is 0 Å². The molecule has 0 radical (unpaired) electrons. The van der Waals surface area contributed by atoms with Gasteiger partial charge in [0.15, 0.2) is 5.13 Å². The van der Waals surface area contributed by atoms with Gasteiger partial charge in [-0.2, -0.15) is 0 Å². The Kier molecular flexibility index (Phi) is 3.11. The third-order valence-corrected chi connectivity index (χ3v) is 3.54. The van der Waals surface area contributed by atoms with Gasteiger partial charge < -0.3 is 16.2 Å². The van der Waals surface area contributed by atoms with Crippen molar-refractivity contribution in [3.63, 3.8) is 0 Å². The first kappa shape index (κ1) is 11.3. The van der Waals surface area contributed by atoms with Crippen LogP contribution in [0.1, 0.15) is 36.2 Å². The van der Waals surface area contributed by atoms with Crippen LogP contribution in [0.2, 0.25) is 0 Å². The van der Waals surface area contributed by atoms with Crippen LogP contribution in [0.25, 0.3) is 0 Å². The maximum atomic E-state index is 11.6. The van der Waals surface area contributed by atoms with Crippen molar-refractivity contribution in [3.8, 4) is 0 Å². The number of aromatic nitrogens is 1. The Morgan fingerprint density at radius 3 is 2.88 bits per heavy atom. The predicted molar refractivity (Wildman–Crippen MR) is 62.3 cm³/mol.